The number of aromatic nitrogens is 1. The summed E-state index contributed by atoms with van der Waals surface area (Å²) in [4.78, 5) is 7.06. The van der Waals surface area contributed by atoms with E-state index in [0.29, 0.717) is 6.04 Å². The van der Waals surface area contributed by atoms with Gasteiger partial charge in [-0.3, -0.25) is 4.98 Å². The van der Waals surface area contributed by atoms with Gasteiger partial charge >= 0.3 is 0 Å². The highest BCUT2D eigenvalue weighted by molar-refractivity contribution is 5.54. The van der Waals surface area contributed by atoms with E-state index in [4.69, 9.17) is 0 Å². The molecule has 20 heavy (non-hydrogen) atoms. The zero-order valence-corrected chi connectivity index (χ0v) is 13.4. The quantitative estimate of drug-likeness (QED) is 0.787. The summed E-state index contributed by atoms with van der Waals surface area (Å²) in [7, 11) is 0. The Labute approximate surface area is 123 Å². The van der Waals surface area contributed by atoms with Gasteiger partial charge in [0.1, 0.15) is 0 Å². The molecule has 0 radical (unpaired) electrons. The lowest BCUT2D eigenvalue weighted by atomic mass is 10.1. The van der Waals surface area contributed by atoms with Crippen LogP contribution in [0.4, 0.5) is 5.69 Å². The predicted octanol–water partition coefficient (Wildman–Crippen LogP) is 3.51. The monoisotopic (exact) mass is 275 g/mol. The average Bonchev–Trinajstić information content (AvgIpc) is 3.20. The van der Waals surface area contributed by atoms with Gasteiger partial charge in [-0.1, -0.05) is 20.8 Å². The second kappa shape index (κ2) is 7.07. The van der Waals surface area contributed by atoms with Gasteiger partial charge in [0.2, 0.25) is 0 Å². The third kappa shape index (κ3) is 4.48. The lowest BCUT2D eigenvalue weighted by molar-refractivity contribution is 0.585. The molecule has 0 saturated heterocycles. The minimum absolute atomic E-state index is 0.507. The van der Waals surface area contributed by atoms with Crippen LogP contribution in [0.25, 0.3) is 0 Å². The molecule has 1 aromatic heterocycles. The summed E-state index contributed by atoms with van der Waals surface area (Å²) in [6.45, 7) is 12.0. The highest BCUT2D eigenvalue weighted by Gasteiger charge is 2.25. The Morgan fingerprint density at radius 2 is 2.15 bits per heavy atom. The maximum atomic E-state index is 4.49. The van der Waals surface area contributed by atoms with Crippen molar-refractivity contribution in [1.29, 1.82) is 0 Å². The van der Waals surface area contributed by atoms with Crippen molar-refractivity contribution in [3.8, 4) is 0 Å². The summed E-state index contributed by atoms with van der Waals surface area (Å²) < 4.78 is 0. The first-order chi connectivity index (χ1) is 9.60. The number of aryl methyl sites for hydroxylation is 1. The van der Waals surface area contributed by atoms with Gasteiger partial charge in [-0.05, 0) is 38.2 Å². The van der Waals surface area contributed by atoms with E-state index in [1.807, 2.05) is 0 Å². The van der Waals surface area contributed by atoms with Crippen LogP contribution in [0.3, 0.4) is 0 Å². The summed E-state index contributed by atoms with van der Waals surface area (Å²) in [6, 6.07) is 2.77. The molecule has 2 rings (SSSR count). The lowest BCUT2D eigenvalue weighted by Gasteiger charge is -2.27. The molecule has 3 nitrogen and oxygen atoms in total. The van der Waals surface area contributed by atoms with E-state index in [0.717, 1.165) is 24.7 Å². The van der Waals surface area contributed by atoms with Crippen LogP contribution in [0.1, 0.15) is 51.3 Å². The number of nitrogens with one attached hydrogen (secondary N) is 1. The Kier molecular flexibility index (Phi) is 5.41. The van der Waals surface area contributed by atoms with E-state index in [-0.39, 0.29) is 0 Å². The lowest BCUT2D eigenvalue weighted by Crippen LogP contribution is -2.29. The predicted molar refractivity (Wildman–Crippen MR) is 86.2 cm³/mol. The number of hydrogen-bond donors (Lipinski definition) is 1. The topological polar surface area (TPSA) is 28.2 Å². The molecule has 0 bridgehead atoms. The second-order valence-electron chi connectivity index (χ2n) is 6.38. The Balaban J connectivity index is 2.17. The van der Waals surface area contributed by atoms with Crippen molar-refractivity contribution in [1.82, 2.24) is 10.3 Å². The fourth-order valence-electron chi connectivity index (χ4n) is 2.51. The molecule has 0 atom stereocenters. The van der Waals surface area contributed by atoms with Crippen LogP contribution >= 0.6 is 0 Å². The van der Waals surface area contributed by atoms with Crippen LogP contribution in [0, 0.1) is 12.8 Å². The van der Waals surface area contributed by atoms with E-state index in [2.05, 4.69) is 55.2 Å². The van der Waals surface area contributed by atoms with Crippen molar-refractivity contribution in [2.75, 3.05) is 18.0 Å². The van der Waals surface area contributed by atoms with Crippen molar-refractivity contribution >= 4 is 5.69 Å². The maximum absolute atomic E-state index is 4.49. The van der Waals surface area contributed by atoms with Crippen LogP contribution in [0.15, 0.2) is 12.3 Å². The van der Waals surface area contributed by atoms with Crippen molar-refractivity contribution in [3.05, 3.63) is 23.5 Å². The Hall–Kier alpha value is -1.09. The second-order valence-corrected chi connectivity index (χ2v) is 6.38. The van der Waals surface area contributed by atoms with Crippen molar-refractivity contribution < 1.29 is 0 Å². The molecule has 0 aromatic carbocycles. The average molecular weight is 275 g/mol. The molecular formula is C17H29N3. The molecule has 1 aliphatic rings. The number of anilines is 1. The molecule has 0 unspecified atom stereocenters. The molecule has 3 heteroatoms. The van der Waals surface area contributed by atoms with E-state index in [1.165, 1.54) is 37.1 Å². The molecule has 1 N–H and O–H groups in total. The summed E-state index contributed by atoms with van der Waals surface area (Å²) in [5.41, 5.74) is 3.84. The van der Waals surface area contributed by atoms with Gasteiger partial charge in [-0.15, -0.1) is 0 Å². The molecule has 0 spiro atoms. The Morgan fingerprint density at radius 1 is 1.40 bits per heavy atom. The van der Waals surface area contributed by atoms with Crippen LogP contribution < -0.4 is 10.2 Å². The zero-order chi connectivity index (χ0) is 14.5. The van der Waals surface area contributed by atoms with Crippen molar-refractivity contribution in [3.63, 3.8) is 0 Å². The smallest absolute Gasteiger partial charge is 0.0445 e. The highest BCUT2D eigenvalue weighted by Crippen LogP contribution is 2.32. The fraction of sp³-hybridized carbons (Fsp3) is 0.706. The fourth-order valence-corrected chi connectivity index (χ4v) is 2.51. The SMILES string of the molecule is CCCN(CC1CC1)c1cc(C)ncc1CNC(C)C. The molecule has 1 aliphatic carbocycles. The van der Waals surface area contributed by atoms with E-state index in [9.17, 15) is 0 Å². The minimum atomic E-state index is 0.507. The molecule has 1 heterocycles. The minimum Gasteiger partial charge on any atom is -0.371 e. The molecule has 0 amide bonds. The molecule has 1 saturated carbocycles. The van der Waals surface area contributed by atoms with Crippen LogP contribution in [0.2, 0.25) is 0 Å². The molecule has 1 fully saturated rings. The summed E-state index contributed by atoms with van der Waals surface area (Å²) in [5.74, 6) is 0.918. The Morgan fingerprint density at radius 3 is 2.75 bits per heavy atom. The maximum Gasteiger partial charge on any atom is 0.0445 e. The third-order valence-electron chi connectivity index (χ3n) is 3.81. The van der Waals surface area contributed by atoms with Gasteiger partial charge in [-0.25, -0.2) is 0 Å². The molecule has 112 valence electrons. The van der Waals surface area contributed by atoms with Gasteiger partial charge in [0.25, 0.3) is 0 Å². The largest absolute Gasteiger partial charge is 0.371 e. The standard InChI is InChI=1S/C17H29N3/c1-5-8-20(12-15-6-7-15)17-9-14(4)19-11-16(17)10-18-13(2)3/h9,11,13,15,18H,5-8,10,12H2,1-4H3. The normalized spacial score (nSPS) is 14.8. The number of hydrogen-bond acceptors (Lipinski definition) is 3. The molecule has 0 aliphatic heterocycles. The van der Waals surface area contributed by atoms with E-state index < -0.39 is 0 Å². The summed E-state index contributed by atoms with van der Waals surface area (Å²) >= 11 is 0. The van der Waals surface area contributed by atoms with Crippen molar-refractivity contribution in [2.45, 2.75) is 59.5 Å². The van der Waals surface area contributed by atoms with Crippen molar-refractivity contribution in [2.24, 2.45) is 5.92 Å². The van der Waals surface area contributed by atoms with Gasteiger partial charge in [0.05, 0.1) is 0 Å². The van der Waals surface area contributed by atoms with Crippen LogP contribution in [-0.4, -0.2) is 24.1 Å². The van der Waals surface area contributed by atoms with Gasteiger partial charge in [-0.2, -0.15) is 0 Å². The highest BCUT2D eigenvalue weighted by atomic mass is 15.1. The van der Waals surface area contributed by atoms with Crippen LogP contribution in [-0.2, 0) is 6.54 Å². The zero-order valence-electron chi connectivity index (χ0n) is 13.4. The first-order valence-electron chi connectivity index (χ1n) is 8.04. The first-order valence-corrected chi connectivity index (χ1v) is 8.04. The third-order valence-corrected chi connectivity index (χ3v) is 3.81. The van der Waals surface area contributed by atoms with Gasteiger partial charge < -0.3 is 10.2 Å². The van der Waals surface area contributed by atoms with Gasteiger partial charge in [0, 0.05) is 48.8 Å². The first kappa shape index (κ1) is 15.3. The number of rotatable bonds is 8. The van der Waals surface area contributed by atoms with E-state index >= 15 is 0 Å². The summed E-state index contributed by atoms with van der Waals surface area (Å²) in [5, 5.41) is 3.52. The molecular weight excluding hydrogens is 246 g/mol. The van der Waals surface area contributed by atoms with Gasteiger partial charge in [0.15, 0.2) is 0 Å². The summed E-state index contributed by atoms with van der Waals surface area (Å²) in [6.07, 6.45) is 6.06. The van der Waals surface area contributed by atoms with Crippen LogP contribution in [0.5, 0.6) is 0 Å². The Bertz CT molecular complexity index is 424. The number of nitrogens with zero attached hydrogens (tertiary/aromatic N) is 2. The molecule has 1 aromatic rings. The number of pyridine rings is 1. The van der Waals surface area contributed by atoms with E-state index in [1.54, 1.807) is 0 Å².